The molecule has 164 valence electrons. The lowest BCUT2D eigenvalue weighted by atomic mass is 9.49. The molecule has 2 aromatic carbocycles. The average molecular weight is 432 g/mol. The fraction of sp³-hybridized carbons (Fsp3) is 0.462. The Kier molecular flexibility index (Phi) is 3.07. The summed E-state index contributed by atoms with van der Waals surface area (Å²) in [5, 5.41) is 24.4. The van der Waals surface area contributed by atoms with Gasteiger partial charge in [-0.25, -0.2) is 4.39 Å². The van der Waals surface area contributed by atoms with Gasteiger partial charge in [0.25, 0.3) is 0 Å². The number of aliphatic hydroxyl groups is 1. The fourth-order valence-electron chi connectivity index (χ4n) is 7.60. The van der Waals surface area contributed by atoms with Crippen LogP contribution in [0.25, 0.3) is 10.9 Å². The van der Waals surface area contributed by atoms with Gasteiger partial charge < -0.3 is 19.9 Å². The summed E-state index contributed by atoms with van der Waals surface area (Å²) in [5.41, 5.74) is 3.26. The Balaban J connectivity index is 1.42. The maximum atomic E-state index is 14.0. The first kappa shape index (κ1) is 17.9. The highest BCUT2D eigenvalue weighted by Gasteiger charge is 2.72. The van der Waals surface area contributed by atoms with E-state index in [1.54, 1.807) is 6.07 Å². The van der Waals surface area contributed by atoms with Crippen molar-refractivity contribution in [1.29, 1.82) is 0 Å². The molecule has 8 rings (SSSR count). The van der Waals surface area contributed by atoms with Gasteiger partial charge in [0.15, 0.2) is 17.6 Å². The van der Waals surface area contributed by atoms with Crippen LogP contribution in [-0.2, 0) is 18.3 Å². The van der Waals surface area contributed by atoms with Crippen molar-refractivity contribution >= 4 is 10.9 Å². The molecule has 32 heavy (non-hydrogen) atoms. The number of hydrogen-bond donors (Lipinski definition) is 3. The zero-order chi connectivity index (χ0) is 21.4. The van der Waals surface area contributed by atoms with Crippen LogP contribution in [0.5, 0.6) is 11.5 Å². The number of aromatic hydroxyl groups is 1. The molecule has 0 radical (unpaired) electrons. The summed E-state index contributed by atoms with van der Waals surface area (Å²) in [5.74, 6) is 1.13. The quantitative estimate of drug-likeness (QED) is 0.578. The molecular formula is C26H25FN2O3. The Hall–Kier alpha value is -2.57. The molecule has 0 amide bonds. The van der Waals surface area contributed by atoms with Crippen LogP contribution in [-0.4, -0.2) is 44.8 Å². The van der Waals surface area contributed by atoms with Crippen LogP contribution < -0.4 is 4.74 Å². The normalized spacial score (nSPS) is 34.3. The first-order valence-corrected chi connectivity index (χ1v) is 11.8. The zero-order valence-electron chi connectivity index (χ0n) is 17.7. The maximum absolute atomic E-state index is 14.0. The van der Waals surface area contributed by atoms with Crippen LogP contribution in [0.3, 0.4) is 0 Å². The number of aromatic nitrogens is 1. The summed E-state index contributed by atoms with van der Waals surface area (Å²) in [6.07, 6.45) is 4.20. The Morgan fingerprint density at radius 2 is 2.09 bits per heavy atom. The van der Waals surface area contributed by atoms with E-state index in [1.807, 2.05) is 12.1 Å². The number of piperidine rings is 1. The van der Waals surface area contributed by atoms with Gasteiger partial charge >= 0.3 is 0 Å². The molecule has 5 nitrogen and oxygen atoms in total. The monoisotopic (exact) mass is 432 g/mol. The molecule has 6 heteroatoms. The van der Waals surface area contributed by atoms with Gasteiger partial charge in [0.1, 0.15) is 5.82 Å². The minimum absolute atomic E-state index is 0.00416. The minimum atomic E-state index is -1.01. The van der Waals surface area contributed by atoms with Gasteiger partial charge in [0, 0.05) is 35.5 Å². The lowest BCUT2D eigenvalue weighted by molar-refractivity contribution is -0.173. The summed E-state index contributed by atoms with van der Waals surface area (Å²) in [4.78, 5) is 5.97. The number of halogens is 1. The van der Waals surface area contributed by atoms with Gasteiger partial charge in [-0.15, -0.1) is 0 Å². The molecular weight excluding hydrogens is 407 g/mol. The Labute approximate surface area is 184 Å². The molecule has 1 aromatic heterocycles. The van der Waals surface area contributed by atoms with Crippen molar-refractivity contribution in [3.05, 3.63) is 58.5 Å². The van der Waals surface area contributed by atoms with Crippen LogP contribution >= 0.6 is 0 Å². The van der Waals surface area contributed by atoms with Crippen molar-refractivity contribution in [3.8, 4) is 11.5 Å². The van der Waals surface area contributed by atoms with E-state index >= 15 is 0 Å². The number of phenolic OH excluding ortho intramolecular Hbond substituents is 1. The number of phenols is 1. The van der Waals surface area contributed by atoms with Crippen LogP contribution in [0.4, 0.5) is 4.39 Å². The van der Waals surface area contributed by atoms with Crippen molar-refractivity contribution in [1.82, 2.24) is 9.88 Å². The highest BCUT2D eigenvalue weighted by molar-refractivity contribution is 5.86. The number of nitrogens with zero attached hydrogens (tertiary/aromatic N) is 1. The van der Waals surface area contributed by atoms with Crippen molar-refractivity contribution in [2.24, 2.45) is 5.92 Å². The van der Waals surface area contributed by atoms with Gasteiger partial charge in [-0.2, -0.15) is 0 Å². The zero-order valence-corrected chi connectivity index (χ0v) is 17.7. The van der Waals surface area contributed by atoms with Crippen LogP contribution in [0.1, 0.15) is 47.8 Å². The van der Waals surface area contributed by atoms with Crippen molar-refractivity contribution in [2.75, 3.05) is 13.1 Å². The van der Waals surface area contributed by atoms with E-state index in [2.05, 4.69) is 9.88 Å². The summed E-state index contributed by atoms with van der Waals surface area (Å²) in [7, 11) is 0. The summed E-state index contributed by atoms with van der Waals surface area (Å²) >= 11 is 0. The third-order valence-corrected chi connectivity index (χ3v) is 9.12. The van der Waals surface area contributed by atoms with Crippen molar-refractivity contribution in [2.45, 2.75) is 55.3 Å². The Morgan fingerprint density at radius 3 is 2.94 bits per heavy atom. The van der Waals surface area contributed by atoms with E-state index in [-0.39, 0.29) is 17.6 Å². The molecule has 2 aliphatic heterocycles. The second-order valence-electron chi connectivity index (χ2n) is 10.6. The number of nitrogens with one attached hydrogen (secondary N) is 1. The lowest BCUT2D eigenvalue weighted by Gasteiger charge is -2.62. The van der Waals surface area contributed by atoms with Crippen LogP contribution in [0, 0.1) is 11.7 Å². The maximum Gasteiger partial charge on any atom is 0.166 e. The molecule has 3 N–H and O–H groups in total. The number of rotatable bonds is 2. The Morgan fingerprint density at radius 1 is 1.22 bits per heavy atom. The third-order valence-electron chi connectivity index (χ3n) is 9.12. The number of ether oxygens (including phenoxy) is 1. The number of fused-ring (bicyclic) bond motifs is 4. The highest BCUT2D eigenvalue weighted by Crippen LogP contribution is 2.69. The molecule has 2 fully saturated rings. The van der Waals surface area contributed by atoms with Crippen LogP contribution in [0.2, 0.25) is 0 Å². The van der Waals surface area contributed by atoms with Gasteiger partial charge in [0.05, 0.1) is 16.7 Å². The van der Waals surface area contributed by atoms with E-state index in [9.17, 15) is 14.6 Å². The number of aromatic amines is 1. The fourth-order valence-corrected chi connectivity index (χ4v) is 7.60. The van der Waals surface area contributed by atoms with E-state index in [4.69, 9.17) is 4.74 Å². The first-order valence-electron chi connectivity index (χ1n) is 11.8. The second kappa shape index (κ2) is 5.49. The standard InChI is InChI=1S/C26H25FN2O3/c27-15-4-5-16-17-11-26(31)20-9-14-3-6-19(30)23-21(14)25(26,7-8-29(20)12-13-1-2-13)24(32-23)22(17)28-18(16)10-15/h3-6,10,13,20,24,28,30-31H,1-2,7-9,11-12H2/t20-,24+,25+,26-/m1/s1. The molecule has 1 spiro atoms. The summed E-state index contributed by atoms with van der Waals surface area (Å²) < 4.78 is 20.6. The SMILES string of the molecule is Oc1ccc2c3c1O[C@H]1c4[nH]c5cc(F)ccc5c4C[C@@]4(O)[C@@H](C2)N(CC2CC2)CC[C@]314. The minimum Gasteiger partial charge on any atom is -0.504 e. The van der Waals surface area contributed by atoms with Gasteiger partial charge in [-0.1, -0.05) is 6.07 Å². The molecule has 4 atom stereocenters. The molecule has 5 aliphatic rings. The van der Waals surface area contributed by atoms with Crippen molar-refractivity contribution in [3.63, 3.8) is 0 Å². The Bertz CT molecular complexity index is 1330. The van der Waals surface area contributed by atoms with Crippen molar-refractivity contribution < 1.29 is 19.3 Å². The van der Waals surface area contributed by atoms with E-state index in [1.165, 1.54) is 30.5 Å². The van der Waals surface area contributed by atoms with Gasteiger partial charge in [-0.3, -0.25) is 4.90 Å². The molecule has 1 saturated heterocycles. The third kappa shape index (κ3) is 1.90. The van der Waals surface area contributed by atoms with Gasteiger partial charge in [-0.05, 0) is 73.5 Å². The molecule has 3 aliphatic carbocycles. The molecule has 3 aromatic rings. The molecule has 0 unspecified atom stereocenters. The smallest absolute Gasteiger partial charge is 0.166 e. The van der Waals surface area contributed by atoms with E-state index < -0.39 is 17.1 Å². The lowest BCUT2D eigenvalue weighted by Crippen LogP contribution is -2.74. The summed E-state index contributed by atoms with van der Waals surface area (Å²) in [6.45, 7) is 1.96. The van der Waals surface area contributed by atoms with Gasteiger partial charge in [0.2, 0.25) is 0 Å². The van der Waals surface area contributed by atoms with Crippen LogP contribution in [0.15, 0.2) is 30.3 Å². The molecule has 3 heterocycles. The molecule has 2 bridgehead atoms. The second-order valence-corrected chi connectivity index (χ2v) is 10.6. The average Bonchev–Trinajstić information content (AvgIpc) is 3.41. The predicted molar refractivity (Wildman–Crippen MR) is 116 cm³/mol. The van der Waals surface area contributed by atoms with E-state index in [0.717, 1.165) is 59.6 Å². The number of H-pyrrole nitrogens is 1. The molecule has 1 saturated carbocycles. The summed E-state index contributed by atoms with van der Waals surface area (Å²) in [6, 6.07) is 8.58. The predicted octanol–water partition coefficient (Wildman–Crippen LogP) is 3.71. The van der Waals surface area contributed by atoms with E-state index in [0.29, 0.717) is 12.2 Å². The topological polar surface area (TPSA) is 68.7 Å². The number of benzene rings is 2. The number of hydrogen-bond acceptors (Lipinski definition) is 4. The highest BCUT2D eigenvalue weighted by atomic mass is 19.1. The largest absolute Gasteiger partial charge is 0.504 e. The number of likely N-dealkylation sites (tertiary alicyclic amines) is 1. The first-order chi connectivity index (χ1) is 15.5.